The molecule has 1 heterocycles. The summed E-state index contributed by atoms with van der Waals surface area (Å²) >= 11 is 0. The molecule has 0 fully saturated rings. The lowest BCUT2D eigenvalue weighted by Gasteiger charge is -2.17. The van der Waals surface area contributed by atoms with E-state index in [2.05, 4.69) is 4.99 Å². The minimum atomic E-state index is -0.144. The molecule has 0 amide bonds. The molecule has 0 spiro atoms. The van der Waals surface area contributed by atoms with Crippen molar-refractivity contribution in [3.8, 4) is 11.3 Å². The summed E-state index contributed by atoms with van der Waals surface area (Å²) in [6, 6.07) is 23.7. The lowest BCUT2D eigenvalue weighted by atomic mass is 9.83. The van der Waals surface area contributed by atoms with Crippen LogP contribution in [0.4, 0.5) is 5.69 Å². The van der Waals surface area contributed by atoms with E-state index in [4.69, 9.17) is 4.42 Å². The number of fused-ring (bicyclic) bond motifs is 2. The summed E-state index contributed by atoms with van der Waals surface area (Å²) in [4.78, 5) is 30.1. The molecule has 0 radical (unpaired) electrons. The van der Waals surface area contributed by atoms with Crippen LogP contribution in [0.5, 0.6) is 0 Å². The third-order valence-corrected chi connectivity index (χ3v) is 5.21. The molecule has 3 aromatic carbocycles. The summed E-state index contributed by atoms with van der Waals surface area (Å²) in [5.74, 6) is 0.949. The molecule has 4 heteroatoms. The van der Waals surface area contributed by atoms with Gasteiger partial charge in [0.25, 0.3) is 0 Å². The van der Waals surface area contributed by atoms with E-state index in [9.17, 15) is 9.59 Å². The second kappa shape index (κ2) is 7.08. The Morgan fingerprint density at radius 1 is 0.733 bits per heavy atom. The molecule has 0 aliphatic heterocycles. The molecular formula is C26H17NO3. The second-order valence-corrected chi connectivity index (χ2v) is 7.26. The molecule has 1 aliphatic rings. The highest BCUT2D eigenvalue weighted by atomic mass is 16.3. The highest BCUT2D eigenvalue weighted by molar-refractivity contribution is 6.28. The standard InChI is InChI=1S/C26H17NO3/c1-16-6-9-18(10-7-16)27-15-19-11-13-24(30-19)17-8-12-22-23(14-17)26(29)21-5-3-2-4-20(21)25(22)28/h2-15H,1H3. The molecule has 0 unspecified atom stereocenters. The SMILES string of the molecule is Cc1ccc(N=Cc2ccc(-c3ccc4c(c3)C(=O)c3ccccc3C4=O)o2)cc1. The van der Waals surface area contributed by atoms with Gasteiger partial charge in [-0.25, -0.2) is 0 Å². The van der Waals surface area contributed by atoms with E-state index in [0.717, 1.165) is 11.3 Å². The first-order valence-corrected chi connectivity index (χ1v) is 9.63. The van der Waals surface area contributed by atoms with Crippen LogP contribution < -0.4 is 0 Å². The van der Waals surface area contributed by atoms with Crippen LogP contribution in [0.15, 0.2) is 88.3 Å². The van der Waals surface area contributed by atoms with Crippen molar-refractivity contribution in [2.24, 2.45) is 4.99 Å². The Bertz CT molecular complexity index is 1330. The molecule has 30 heavy (non-hydrogen) atoms. The Morgan fingerprint density at radius 3 is 2.13 bits per heavy atom. The maximum absolute atomic E-state index is 12.9. The van der Waals surface area contributed by atoms with E-state index in [1.165, 1.54) is 5.56 Å². The fourth-order valence-electron chi connectivity index (χ4n) is 3.60. The maximum Gasteiger partial charge on any atom is 0.194 e. The molecule has 0 saturated heterocycles. The zero-order chi connectivity index (χ0) is 20.7. The molecule has 1 aliphatic carbocycles. The van der Waals surface area contributed by atoms with E-state index in [1.54, 1.807) is 48.7 Å². The van der Waals surface area contributed by atoms with Gasteiger partial charge < -0.3 is 4.42 Å². The molecule has 0 N–H and O–H groups in total. The van der Waals surface area contributed by atoms with Gasteiger partial charge in [-0.3, -0.25) is 14.6 Å². The number of aryl methyl sites for hydroxylation is 1. The zero-order valence-corrected chi connectivity index (χ0v) is 16.3. The van der Waals surface area contributed by atoms with Crippen LogP contribution in [0.2, 0.25) is 0 Å². The molecule has 0 atom stereocenters. The first-order chi connectivity index (χ1) is 14.6. The van der Waals surface area contributed by atoms with Crippen LogP contribution in [0.25, 0.3) is 11.3 Å². The topological polar surface area (TPSA) is 59.6 Å². The molecule has 144 valence electrons. The van der Waals surface area contributed by atoms with Crippen molar-refractivity contribution in [2.45, 2.75) is 6.92 Å². The summed E-state index contributed by atoms with van der Waals surface area (Å²) in [6.45, 7) is 2.03. The number of nitrogens with zero attached hydrogens (tertiary/aromatic N) is 1. The van der Waals surface area contributed by atoms with Crippen molar-refractivity contribution in [3.05, 3.63) is 112 Å². The first-order valence-electron chi connectivity index (χ1n) is 9.63. The number of carbonyl (C=O) groups is 2. The predicted octanol–water partition coefficient (Wildman–Crippen LogP) is 5.78. The molecule has 5 rings (SSSR count). The average Bonchev–Trinajstić information content (AvgIpc) is 3.26. The minimum Gasteiger partial charge on any atom is -0.455 e. The Morgan fingerprint density at radius 2 is 1.40 bits per heavy atom. The van der Waals surface area contributed by atoms with Crippen LogP contribution in [0.1, 0.15) is 43.2 Å². The lowest BCUT2D eigenvalue weighted by Crippen LogP contribution is -2.20. The van der Waals surface area contributed by atoms with Crippen molar-refractivity contribution in [1.29, 1.82) is 0 Å². The van der Waals surface area contributed by atoms with Crippen molar-refractivity contribution >= 4 is 23.5 Å². The van der Waals surface area contributed by atoms with E-state index in [-0.39, 0.29) is 11.6 Å². The van der Waals surface area contributed by atoms with Crippen molar-refractivity contribution in [3.63, 3.8) is 0 Å². The second-order valence-electron chi connectivity index (χ2n) is 7.26. The number of ketones is 2. The number of aliphatic imine (C=N–C) groups is 1. The summed E-state index contributed by atoms with van der Waals surface area (Å²) in [7, 11) is 0. The quantitative estimate of drug-likeness (QED) is 0.366. The number of furan rings is 1. The van der Waals surface area contributed by atoms with Crippen LogP contribution in [0.3, 0.4) is 0 Å². The maximum atomic E-state index is 12.9. The number of hydrogen-bond donors (Lipinski definition) is 0. The van der Waals surface area contributed by atoms with E-state index >= 15 is 0 Å². The van der Waals surface area contributed by atoms with E-state index in [0.29, 0.717) is 33.8 Å². The van der Waals surface area contributed by atoms with Gasteiger partial charge in [-0.05, 0) is 43.3 Å². The largest absolute Gasteiger partial charge is 0.455 e. The van der Waals surface area contributed by atoms with Crippen LogP contribution in [-0.4, -0.2) is 17.8 Å². The summed E-state index contributed by atoms with van der Waals surface area (Å²) in [5, 5.41) is 0. The van der Waals surface area contributed by atoms with Gasteiger partial charge >= 0.3 is 0 Å². The summed E-state index contributed by atoms with van der Waals surface area (Å²) in [5.41, 5.74) is 4.49. The van der Waals surface area contributed by atoms with Gasteiger partial charge in [0.2, 0.25) is 0 Å². The molecular weight excluding hydrogens is 374 g/mol. The lowest BCUT2D eigenvalue weighted by molar-refractivity contribution is 0.0979. The monoisotopic (exact) mass is 391 g/mol. The van der Waals surface area contributed by atoms with Crippen molar-refractivity contribution in [2.75, 3.05) is 0 Å². The van der Waals surface area contributed by atoms with Crippen molar-refractivity contribution < 1.29 is 14.0 Å². The summed E-state index contributed by atoms with van der Waals surface area (Å²) in [6.07, 6.45) is 1.66. The van der Waals surface area contributed by atoms with Gasteiger partial charge in [0.05, 0.1) is 11.9 Å². The Balaban J connectivity index is 1.46. The van der Waals surface area contributed by atoms with Gasteiger partial charge in [0.15, 0.2) is 11.6 Å². The van der Waals surface area contributed by atoms with Crippen LogP contribution >= 0.6 is 0 Å². The van der Waals surface area contributed by atoms with Gasteiger partial charge in [-0.15, -0.1) is 0 Å². The molecule has 4 nitrogen and oxygen atoms in total. The molecule has 4 aromatic rings. The van der Waals surface area contributed by atoms with Crippen LogP contribution in [0, 0.1) is 6.92 Å². The molecule has 1 aromatic heterocycles. The third-order valence-electron chi connectivity index (χ3n) is 5.21. The van der Waals surface area contributed by atoms with Gasteiger partial charge in [-0.2, -0.15) is 0 Å². The average molecular weight is 391 g/mol. The molecule has 0 bridgehead atoms. The normalized spacial score (nSPS) is 12.8. The predicted molar refractivity (Wildman–Crippen MR) is 116 cm³/mol. The van der Waals surface area contributed by atoms with Gasteiger partial charge in [0, 0.05) is 27.8 Å². The fraction of sp³-hybridized carbons (Fsp3) is 0.0385. The minimum absolute atomic E-state index is 0.128. The first kappa shape index (κ1) is 18.0. The van der Waals surface area contributed by atoms with E-state index in [1.807, 2.05) is 43.3 Å². The highest BCUT2D eigenvalue weighted by Crippen LogP contribution is 2.31. The Labute approximate surface area is 173 Å². The van der Waals surface area contributed by atoms with Gasteiger partial charge in [-0.1, -0.05) is 48.0 Å². The van der Waals surface area contributed by atoms with Gasteiger partial charge in [0.1, 0.15) is 11.5 Å². The number of hydrogen-bond acceptors (Lipinski definition) is 4. The van der Waals surface area contributed by atoms with Crippen molar-refractivity contribution in [1.82, 2.24) is 0 Å². The summed E-state index contributed by atoms with van der Waals surface area (Å²) < 4.78 is 5.89. The zero-order valence-electron chi connectivity index (χ0n) is 16.3. The fourth-order valence-corrected chi connectivity index (χ4v) is 3.60. The Hall–Kier alpha value is -4.05. The molecule has 0 saturated carbocycles. The Kier molecular flexibility index (Phi) is 4.25. The number of rotatable bonds is 3. The highest BCUT2D eigenvalue weighted by Gasteiger charge is 2.29. The number of benzene rings is 3. The third kappa shape index (κ3) is 3.08. The smallest absolute Gasteiger partial charge is 0.194 e. The van der Waals surface area contributed by atoms with Crippen LogP contribution in [-0.2, 0) is 0 Å². The number of carbonyl (C=O) groups excluding carboxylic acids is 2. The van der Waals surface area contributed by atoms with E-state index < -0.39 is 0 Å².